The summed E-state index contributed by atoms with van der Waals surface area (Å²) in [6, 6.07) is 11.1. The number of hydrogen-bond donors (Lipinski definition) is 1. The van der Waals surface area contributed by atoms with E-state index in [1.165, 1.54) is 4.40 Å². The summed E-state index contributed by atoms with van der Waals surface area (Å²) < 4.78 is 27.1. The van der Waals surface area contributed by atoms with E-state index >= 15 is 0 Å². The van der Waals surface area contributed by atoms with Gasteiger partial charge in [0.05, 0.1) is 17.9 Å². The Morgan fingerprint density at radius 3 is 2.89 bits per heavy atom. The molecule has 2 unspecified atom stereocenters. The van der Waals surface area contributed by atoms with Crippen LogP contribution in [-0.2, 0) is 15.7 Å². The Kier molecular flexibility index (Phi) is 5.89. The minimum absolute atomic E-state index is 0.0390. The molecule has 0 aliphatic carbocycles. The van der Waals surface area contributed by atoms with Crippen LogP contribution in [0.15, 0.2) is 64.3 Å². The highest BCUT2D eigenvalue weighted by molar-refractivity contribution is 9.10. The molecule has 4 aromatic rings. The fourth-order valence-electron chi connectivity index (χ4n) is 4.70. The summed E-state index contributed by atoms with van der Waals surface area (Å²) in [7, 11) is -0.514. The average molecular weight is 565 g/mol. The van der Waals surface area contributed by atoms with Crippen LogP contribution in [0.1, 0.15) is 37.9 Å². The number of nitrogens with zero attached hydrogens (tertiary/aromatic N) is 3. The molecule has 0 spiro atoms. The zero-order chi connectivity index (χ0) is 25.8. The second kappa shape index (κ2) is 9.00. The highest BCUT2D eigenvalue weighted by Crippen LogP contribution is 2.39. The molecule has 0 bridgehead atoms. The van der Waals surface area contributed by atoms with Gasteiger partial charge >= 0.3 is 7.12 Å². The lowest BCUT2D eigenvalue weighted by Gasteiger charge is -2.36. The molecule has 2 atom stereocenters. The number of fused-ring (bicyclic) bond motifs is 2. The van der Waals surface area contributed by atoms with Crippen molar-refractivity contribution in [2.24, 2.45) is 0 Å². The lowest BCUT2D eigenvalue weighted by atomic mass is 9.82. The van der Waals surface area contributed by atoms with Crippen LogP contribution in [0.4, 0.5) is 0 Å². The van der Waals surface area contributed by atoms with Gasteiger partial charge in [-0.1, -0.05) is 0 Å². The third-order valence-corrected chi connectivity index (χ3v) is 7.82. The van der Waals surface area contributed by atoms with Crippen molar-refractivity contribution in [3.05, 3.63) is 81.1 Å². The van der Waals surface area contributed by atoms with Crippen molar-refractivity contribution >= 4 is 34.2 Å². The van der Waals surface area contributed by atoms with Gasteiger partial charge in [-0.2, -0.15) is 5.10 Å². The van der Waals surface area contributed by atoms with Gasteiger partial charge < -0.3 is 18.8 Å². The molecule has 2 aliphatic heterocycles. The van der Waals surface area contributed by atoms with E-state index in [1.807, 2.05) is 51.1 Å². The predicted molar refractivity (Wildman–Crippen MR) is 142 cm³/mol. The van der Waals surface area contributed by atoms with E-state index in [4.69, 9.17) is 23.8 Å². The molecule has 6 rings (SSSR count). The van der Waals surface area contributed by atoms with Gasteiger partial charge in [-0.15, -0.1) is 0 Å². The van der Waals surface area contributed by atoms with Gasteiger partial charge in [-0.3, -0.25) is 14.3 Å². The topological polar surface area (TPSA) is 100.0 Å². The van der Waals surface area contributed by atoms with E-state index < -0.39 is 18.3 Å². The van der Waals surface area contributed by atoms with E-state index in [0.29, 0.717) is 31.0 Å². The summed E-state index contributed by atoms with van der Waals surface area (Å²) in [4.78, 5) is 17.4. The first-order valence-corrected chi connectivity index (χ1v) is 12.9. The van der Waals surface area contributed by atoms with E-state index in [1.54, 1.807) is 24.7 Å². The Bertz CT molecular complexity index is 1530. The number of aromatic amines is 1. The Hall–Kier alpha value is -3.15. The van der Waals surface area contributed by atoms with Gasteiger partial charge in [0, 0.05) is 40.5 Å². The van der Waals surface area contributed by atoms with Crippen LogP contribution in [-0.4, -0.2) is 51.1 Å². The van der Waals surface area contributed by atoms with Gasteiger partial charge in [-0.05, 0) is 79.0 Å². The number of nitrogens with one attached hydrogen (secondary N) is 1. The van der Waals surface area contributed by atoms with Crippen molar-refractivity contribution in [3.63, 3.8) is 0 Å². The molecule has 0 saturated carbocycles. The van der Waals surface area contributed by atoms with Crippen LogP contribution in [0.3, 0.4) is 0 Å². The summed E-state index contributed by atoms with van der Waals surface area (Å²) in [6.07, 6.45) is 5.88. The molecule has 0 radical (unpaired) electrons. The lowest BCUT2D eigenvalue weighted by molar-refractivity contribution is -0.0404. The number of H-pyrrole nitrogens is 1. The molecule has 5 heterocycles. The number of benzene rings is 1. The Morgan fingerprint density at radius 1 is 1.22 bits per heavy atom. The standard InChI is InChI=1S/C26H26BBrN4O5/c1-25(2)26(3,37-27(36-25)18-11-29-30-12-18)15-35-20-5-6-22-16(9-20)8-17(14-34-22)21-10-24(33)32-13-19(28)4-7-23(32)31-21/h4-7,9-13,17H,8,14-15H2,1-3H3,(H,29,30). The molecule has 11 heteroatoms. The number of ether oxygens (including phenoxy) is 2. The number of halogens is 1. The summed E-state index contributed by atoms with van der Waals surface area (Å²) >= 11 is 3.40. The molecular weight excluding hydrogens is 539 g/mol. The molecule has 3 aromatic heterocycles. The summed E-state index contributed by atoms with van der Waals surface area (Å²) in [5, 5.41) is 6.79. The van der Waals surface area contributed by atoms with Gasteiger partial charge in [0.1, 0.15) is 29.4 Å². The Labute approximate surface area is 222 Å². The molecular formula is C26H26BBrN4O5. The Balaban J connectivity index is 1.19. The molecule has 9 nitrogen and oxygen atoms in total. The van der Waals surface area contributed by atoms with E-state index in [0.717, 1.165) is 26.9 Å². The summed E-state index contributed by atoms with van der Waals surface area (Å²) in [5.74, 6) is 1.49. The monoisotopic (exact) mass is 564 g/mol. The van der Waals surface area contributed by atoms with Crippen LogP contribution in [0, 0.1) is 0 Å². The first kappa shape index (κ1) is 24.2. The molecule has 2 aliphatic rings. The minimum Gasteiger partial charge on any atom is -0.493 e. The molecule has 1 saturated heterocycles. The maximum Gasteiger partial charge on any atom is 0.498 e. The normalized spacial score (nSPS) is 22.6. The molecule has 190 valence electrons. The zero-order valence-corrected chi connectivity index (χ0v) is 22.3. The smallest absolute Gasteiger partial charge is 0.493 e. The zero-order valence-electron chi connectivity index (χ0n) is 20.7. The first-order valence-electron chi connectivity index (χ1n) is 12.1. The van der Waals surface area contributed by atoms with Gasteiger partial charge in [0.25, 0.3) is 5.56 Å². The van der Waals surface area contributed by atoms with Gasteiger partial charge in [-0.25, -0.2) is 4.98 Å². The number of hydrogen-bond acceptors (Lipinski definition) is 7. The van der Waals surface area contributed by atoms with Crippen molar-refractivity contribution in [1.82, 2.24) is 19.6 Å². The summed E-state index contributed by atoms with van der Waals surface area (Å²) in [5.41, 5.74) is 1.79. The molecule has 1 N–H and O–H groups in total. The quantitative estimate of drug-likeness (QED) is 0.371. The SMILES string of the molecule is CC1(C)OB(c2cn[nH]c2)OC1(C)COc1ccc2c(c1)CC(c1cc(=O)n3cc(Br)ccc3n1)CO2. The highest BCUT2D eigenvalue weighted by Gasteiger charge is 2.55. The minimum atomic E-state index is -0.684. The Morgan fingerprint density at radius 2 is 2.08 bits per heavy atom. The van der Waals surface area contributed by atoms with Crippen molar-refractivity contribution in [3.8, 4) is 11.5 Å². The highest BCUT2D eigenvalue weighted by atomic mass is 79.9. The van der Waals surface area contributed by atoms with Crippen LogP contribution >= 0.6 is 15.9 Å². The maximum atomic E-state index is 12.7. The van der Waals surface area contributed by atoms with Crippen LogP contribution < -0.4 is 20.5 Å². The number of pyridine rings is 1. The third kappa shape index (κ3) is 4.45. The number of rotatable bonds is 5. The van der Waals surface area contributed by atoms with Gasteiger partial charge in [0.15, 0.2) is 0 Å². The van der Waals surface area contributed by atoms with Crippen molar-refractivity contribution < 1.29 is 18.8 Å². The number of aromatic nitrogens is 4. The van der Waals surface area contributed by atoms with Crippen molar-refractivity contribution in [2.75, 3.05) is 13.2 Å². The summed E-state index contributed by atoms with van der Waals surface area (Å²) in [6.45, 7) is 6.75. The molecule has 1 aromatic carbocycles. The third-order valence-electron chi connectivity index (χ3n) is 7.35. The maximum absolute atomic E-state index is 12.7. The van der Waals surface area contributed by atoms with Crippen LogP contribution in [0.25, 0.3) is 5.65 Å². The van der Waals surface area contributed by atoms with E-state index in [-0.39, 0.29) is 11.5 Å². The molecule has 37 heavy (non-hydrogen) atoms. The largest absolute Gasteiger partial charge is 0.498 e. The van der Waals surface area contributed by atoms with Crippen LogP contribution in [0.2, 0.25) is 0 Å². The predicted octanol–water partition coefficient (Wildman–Crippen LogP) is 3.26. The lowest BCUT2D eigenvalue weighted by Crippen LogP contribution is -2.49. The van der Waals surface area contributed by atoms with E-state index in [2.05, 4.69) is 26.1 Å². The van der Waals surface area contributed by atoms with Crippen molar-refractivity contribution in [2.45, 2.75) is 44.3 Å². The van der Waals surface area contributed by atoms with Gasteiger partial charge in [0.2, 0.25) is 0 Å². The van der Waals surface area contributed by atoms with Crippen molar-refractivity contribution in [1.29, 1.82) is 0 Å². The van der Waals surface area contributed by atoms with Crippen LogP contribution in [0.5, 0.6) is 11.5 Å². The fraction of sp³-hybridized carbons (Fsp3) is 0.346. The van der Waals surface area contributed by atoms with E-state index in [9.17, 15) is 4.79 Å². The second-order valence-corrected chi connectivity index (χ2v) is 11.1. The fourth-order valence-corrected chi connectivity index (χ4v) is 5.04. The average Bonchev–Trinajstić information content (AvgIpc) is 3.49. The molecule has 0 amide bonds. The first-order chi connectivity index (χ1) is 17.7. The second-order valence-electron chi connectivity index (χ2n) is 10.2. The molecule has 1 fully saturated rings.